The Balaban J connectivity index is 0.00000261. The van der Waals surface area contributed by atoms with E-state index in [1.54, 1.807) is 0 Å². The fraction of sp³-hybridized carbons (Fsp3) is 0.0667. The molecule has 4 N–H and O–H groups in total. The second-order valence-corrected chi connectivity index (χ2v) is 9.12. The predicted molar refractivity (Wildman–Crippen MR) is 97.2 cm³/mol. The van der Waals surface area contributed by atoms with Crippen LogP contribution in [-0.4, -0.2) is 33.2 Å². The third-order valence-corrected chi connectivity index (χ3v) is 5.62. The van der Waals surface area contributed by atoms with Gasteiger partial charge in [-0.25, -0.2) is 22.0 Å². The summed E-state index contributed by atoms with van der Waals surface area (Å²) in [6.07, 6.45) is 1.08. The lowest BCUT2D eigenvalue weighted by molar-refractivity contribution is 0.459. The number of nitrogens with two attached hydrogens (primary N) is 1. The van der Waals surface area contributed by atoms with E-state index in [2.05, 4.69) is 15.2 Å². The average molecular weight is 396 g/mol. The smallest absolute Gasteiger partial charge is 0.238 e. The van der Waals surface area contributed by atoms with Gasteiger partial charge in [0.25, 0.3) is 0 Å². The van der Waals surface area contributed by atoms with Gasteiger partial charge in [-0.1, -0.05) is 0 Å². The number of rotatable bonds is 4. The van der Waals surface area contributed by atoms with Gasteiger partial charge in [0.15, 0.2) is 15.5 Å². The molecular weight excluding hydrogens is 380 g/mol. The second-order valence-electron chi connectivity index (χ2n) is 5.54. The van der Waals surface area contributed by atoms with Crippen LogP contribution in [0.5, 0.6) is 5.88 Å². The van der Waals surface area contributed by atoms with Crippen LogP contribution in [0.4, 0.5) is 11.4 Å². The molecule has 0 amide bonds. The molecule has 26 heavy (non-hydrogen) atoms. The molecule has 0 aliphatic carbocycles. The summed E-state index contributed by atoms with van der Waals surface area (Å²) >= 11 is 0. The number of aromatic nitrogens is 1. The van der Waals surface area contributed by atoms with Crippen LogP contribution in [0.15, 0.2) is 62.5 Å². The van der Waals surface area contributed by atoms with Gasteiger partial charge in [0, 0.05) is 13.1 Å². The summed E-state index contributed by atoms with van der Waals surface area (Å²) in [5.74, 6) is -0.268. The van der Waals surface area contributed by atoms with E-state index in [0.29, 0.717) is 16.6 Å². The summed E-state index contributed by atoms with van der Waals surface area (Å²) in [5.41, 5.74) is 0.889. The highest BCUT2D eigenvalue weighted by molar-refractivity contribution is 7.90. The van der Waals surface area contributed by atoms with E-state index < -0.39 is 19.9 Å². The molecule has 0 fully saturated rings. The van der Waals surface area contributed by atoms with Crippen LogP contribution in [0.3, 0.4) is 0 Å². The molecule has 0 spiro atoms. The van der Waals surface area contributed by atoms with E-state index in [1.807, 2.05) is 0 Å². The van der Waals surface area contributed by atoms with Crippen LogP contribution < -0.4 is 5.14 Å². The Hall–Kier alpha value is -2.76. The molecule has 0 saturated heterocycles. The molecule has 1 aromatic heterocycles. The molecule has 1 heterocycles. The monoisotopic (exact) mass is 396 g/mol. The fourth-order valence-electron chi connectivity index (χ4n) is 2.28. The number of azo groups is 1. The van der Waals surface area contributed by atoms with Gasteiger partial charge in [-0.3, -0.25) is 0 Å². The Morgan fingerprint density at radius 2 is 1.62 bits per heavy atom. The van der Waals surface area contributed by atoms with Gasteiger partial charge in [0.2, 0.25) is 15.9 Å². The number of hydrogen-bond donors (Lipinski definition) is 3. The van der Waals surface area contributed by atoms with Gasteiger partial charge in [-0.15, -0.1) is 5.11 Å². The molecule has 9 nitrogen and oxygen atoms in total. The Kier molecular flexibility index (Phi) is 4.30. The maximum absolute atomic E-state index is 11.7. The Morgan fingerprint density at radius 1 is 1.00 bits per heavy atom. The van der Waals surface area contributed by atoms with Gasteiger partial charge in [0.05, 0.1) is 21.0 Å². The van der Waals surface area contributed by atoms with Gasteiger partial charge >= 0.3 is 0 Å². The molecule has 0 aliphatic rings. The van der Waals surface area contributed by atoms with Gasteiger partial charge in [-0.2, -0.15) is 5.11 Å². The highest BCUT2D eigenvalue weighted by Crippen LogP contribution is 2.37. The molecule has 0 atom stereocenters. The zero-order chi connectivity index (χ0) is 19.1. The van der Waals surface area contributed by atoms with Crippen LogP contribution in [0.1, 0.15) is 1.43 Å². The van der Waals surface area contributed by atoms with E-state index in [9.17, 15) is 21.9 Å². The first-order chi connectivity index (χ1) is 12.1. The van der Waals surface area contributed by atoms with E-state index in [4.69, 9.17) is 5.14 Å². The molecule has 0 saturated carbocycles. The summed E-state index contributed by atoms with van der Waals surface area (Å²) in [7, 11) is -7.23. The lowest BCUT2D eigenvalue weighted by Gasteiger charge is -1.99. The van der Waals surface area contributed by atoms with Crippen molar-refractivity contribution in [1.82, 2.24) is 4.98 Å². The predicted octanol–water partition coefficient (Wildman–Crippen LogP) is 2.59. The van der Waals surface area contributed by atoms with Gasteiger partial charge in [0.1, 0.15) is 0 Å². The van der Waals surface area contributed by atoms with Crippen molar-refractivity contribution in [3.63, 3.8) is 0 Å². The number of hydrogen-bond acceptors (Lipinski definition) is 7. The van der Waals surface area contributed by atoms with E-state index >= 15 is 0 Å². The maximum Gasteiger partial charge on any atom is 0.238 e. The molecule has 138 valence electrons. The van der Waals surface area contributed by atoms with Crippen LogP contribution in [0.25, 0.3) is 10.9 Å². The van der Waals surface area contributed by atoms with Gasteiger partial charge < -0.3 is 10.1 Å². The number of sulfonamides is 1. The molecule has 2 aromatic carbocycles. The molecule has 0 bridgehead atoms. The van der Waals surface area contributed by atoms with Crippen LogP contribution >= 0.6 is 0 Å². The van der Waals surface area contributed by atoms with Gasteiger partial charge in [-0.05, 0) is 42.5 Å². The Labute approximate surface area is 150 Å². The first-order valence-corrected chi connectivity index (χ1v) is 10.6. The molecule has 3 rings (SSSR count). The SMILES string of the molecule is CS(=O)(=O)c1ccc2[nH]c(O)c(N=Nc3ccc(S(N)(=O)=O)cc3)c2c1.[HH]. The molecule has 0 aliphatic heterocycles. The Morgan fingerprint density at radius 3 is 2.19 bits per heavy atom. The summed E-state index contributed by atoms with van der Waals surface area (Å²) in [5, 5.41) is 23.3. The average Bonchev–Trinajstić information content (AvgIpc) is 2.86. The highest BCUT2D eigenvalue weighted by atomic mass is 32.2. The number of H-pyrrole nitrogens is 1. The summed E-state index contributed by atoms with van der Waals surface area (Å²) in [6.45, 7) is 0. The fourth-order valence-corrected chi connectivity index (χ4v) is 3.45. The van der Waals surface area contributed by atoms with Crippen molar-refractivity contribution in [2.24, 2.45) is 15.4 Å². The largest absolute Gasteiger partial charge is 0.493 e. The lowest BCUT2D eigenvalue weighted by atomic mass is 10.2. The van der Waals surface area contributed by atoms with Crippen molar-refractivity contribution in [1.29, 1.82) is 0 Å². The molecule has 11 heteroatoms. The number of nitrogens with one attached hydrogen (secondary N) is 1. The van der Waals surface area contributed by atoms with Crippen LogP contribution in [-0.2, 0) is 19.9 Å². The zero-order valence-corrected chi connectivity index (χ0v) is 15.0. The van der Waals surface area contributed by atoms with Crippen molar-refractivity contribution < 1.29 is 23.4 Å². The van der Waals surface area contributed by atoms with Crippen molar-refractivity contribution >= 4 is 42.1 Å². The van der Waals surface area contributed by atoms with Crippen LogP contribution in [0.2, 0.25) is 0 Å². The highest BCUT2D eigenvalue weighted by Gasteiger charge is 2.15. The molecule has 3 aromatic rings. The van der Waals surface area contributed by atoms with Crippen molar-refractivity contribution in [3.05, 3.63) is 42.5 Å². The minimum absolute atomic E-state index is 0. The maximum atomic E-state index is 11.7. The van der Waals surface area contributed by atoms with E-state index in [1.165, 1.54) is 42.5 Å². The lowest BCUT2D eigenvalue weighted by Crippen LogP contribution is -2.11. The topological polar surface area (TPSA) is 155 Å². The number of sulfone groups is 1. The number of nitrogens with zero attached hydrogens (tertiary/aromatic N) is 2. The number of benzene rings is 2. The van der Waals surface area contributed by atoms with Crippen molar-refractivity contribution in [3.8, 4) is 5.88 Å². The van der Waals surface area contributed by atoms with E-state index in [0.717, 1.165) is 6.26 Å². The minimum atomic E-state index is -3.81. The summed E-state index contributed by atoms with van der Waals surface area (Å²) in [4.78, 5) is 2.70. The molecule has 0 radical (unpaired) electrons. The van der Waals surface area contributed by atoms with Crippen molar-refractivity contribution in [2.45, 2.75) is 9.79 Å². The third-order valence-electron chi connectivity index (χ3n) is 3.58. The zero-order valence-electron chi connectivity index (χ0n) is 13.4. The minimum Gasteiger partial charge on any atom is -0.493 e. The number of aromatic hydroxyl groups is 1. The summed E-state index contributed by atoms with van der Waals surface area (Å²) < 4.78 is 45.9. The molecular formula is C15H16N4O5S2. The van der Waals surface area contributed by atoms with Crippen LogP contribution in [0, 0.1) is 0 Å². The third kappa shape index (κ3) is 3.59. The molecule has 0 unspecified atom stereocenters. The van der Waals surface area contributed by atoms with E-state index in [-0.39, 0.29) is 22.8 Å². The summed E-state index contributed by atoms with van der Waals surface area (Å²) in [6, 6.07) is 9.68. The standard InChI is InChI=1S/C15H14N4O5S2.H2/c1-25(21,22)11-6-7-13-12(8-11)14(15(20)17-13)19-18-9-2-4-10(5-3-9)26(16,23)24;/h2-8,17,20H,1H3,(H2,16,23,24);1H. The number of fused-ring (bicyclic) bond motifs is 1. The number of primary sulfonamides is 1. The second kappa shape index (κ2) is 6.20. The first-order valence-electron chi connectivity index (χ1n) is 7.15. The first kappa shape index (κ1) is 18.0. The normalized spacial score (nSPS) is 12.8. The van der Waals surface area contributed by atoms with Crippen molar-refractivity contribution in [2.75, 3.05) is 6.26 Å². The quantitative estimate of drug-likeness (QED) is 0.578. The Bertz CT molecular complexity index is 1230. The number of aromatic amines is 1.